The molecular formula is C28H33N6O+. The molecule has 1 saturated heterocycles. The maximum Gasteiger partial charge on any atom is 0.364 e. The van der Waals surface area contributed by atoms with E-state index in [1.54, 1.807) is 0 Å². The van der Waals surface area contributed by atoms with Gasteiger partial charge in [-0.1, -0.05) is 30.8 Å². The van der Waals surface area contributed by atoms with E-state index in [1.165, 1.54) is 11.1 Å². The van der Waals surface area contributed by atoms with E-state index in [9.17, 15) is 10.1 Å². The number of aryl methyl sites for hydroxylation is 1. The number of piperazine rings is 1. The molecule has 0 radical (unpaired) electrons. The van der Waals surface area contributed by atoms with Crippen molar-refractivity contribution in [3.05, 3.63) is 71.1 Å². The van der Waals surface area contributed by atoms with Crippen molar-refractivity contribution >= 4 is 22.6 Å². The van der Waals surface area contributed by atoms with Crippen LogP contribution < -0.4 is 4.90 Å². The summed E-state index contributed by atoms with van der Waals surface area (Å²) in [5, 5.41) is 10.4. The molecular weight excluding hydrogens is 436 g/mol. The topological polar surface area (TPSA) is 76.0 Å². The molecule has 0 atom stereocenters. The highest BCUT2D eigenvalue weighted by atomic mass is 16.2. The Kier molecular flexibility index (Phi) is 6.18. The van der Waals surface area contributed by atoms with E-state index in [2.05, 4.69) is 58.7 Å². The van der Waals surface area contributed by atoms with Gasteiger partial charge < -0.3 is 9.88 Å². The summed E-state index contributed by atoms with van der Waals surface area (Å²) >= 11 is 0. The number of carbonyl (C=O) groups is 1. The number of quaternary nitrogens is 1. The van der Waals surface area contributed by atoms with Gasteiger partial charge in [-0.25, -0.2) is 14.3 Å². The van der Waals surface area contributed by atoms with Crippen LogP contribution >= 0.6 is 0 Å². The predicted molar refractivity (Wildman–Crippen MR) is 138 cm³/mol. The molecule has 2 aliphatic heterocycles. The molecule has 1 aromatic carbocycles. The highest BCUT2D eigenvalue weighted by Gasteiger charge is 2.41. The van der Waals surface area contributed by atoms with Gasteiger partial charge in [0.1, 0.15) is 6.54 Å². The van der Waals surface area contributed by atoms with Crippen molar-refractivity contribution in [2.45, 2.75) is 26.3 Å². The second-order valence-electron chi connectivity index (χ2n) is 9.93. The Morgan fingerprint density at radius 1 is 1.26 bits per heavy atom. The number of aromatic amines is 1. The summed E-state index contributed by atoms with van der Waals surface area (Å²) in [6.45, 7) is 11.3. The number of benzene rings is 1. The first-order valence-corrected chi connectivity index (χ1v) is 12.4. The minimum atomic E-state index is 0.0420. The van der Waals surface area contributed by atoms with Crippen LogP contribution in [0.3, 0.4) is 0 Å². The molecule has 5 rings (SSSR count). The predicted octanol–water partition coefficient (Wildman–Crippen LogP) is 3.59. The average Bonchev–Trinajstić information content (AvgIpc) is 3.19. The summed E-state index contributed by atoms with van der Waals surface area (Å²) in [6, 6.07) is 12.7. The molecule has 2 aromatic heterocycles. The van der Waals surface area contributed by atoms with Crippen LogP contribution in [0.5, 0.6) is 0 Å². The number of carbonyl (C=O) groups excluding carboxylic acids is 1. The fourth-order valence-corrected chi connectivity index (χ4v) is 5.59. The van der Waals surface area contributed by atoms with Crippen LogP contribution in [-0.2, 0) is 19.4 Å². The smallest absolute Gasteiger partial charge is 0.355 e. The molecule has 0 saturated carbocycles. The molecule has 4 heterocycles. The van der Waals surface area contributed by atoms with Crippen molar-refractivity contribution in [1.82, 2.24) is 14.9 Å². The highest BCUT2D eigenvalue weighted by molar-refractivity contribution is 5.99. The Morgan fingerprint density at radius 3 is 2.71 bits per heavy atom. The molecule has 0 bridgehead atoms. The molecule has 7 heteroatoms. The molecule has 0 spiro atoms. The molecule has 180 valence electrons. The lowest BCUT2D eigenvalue weighted by Gasteiger charge is -2.41. The van der Waals surface area contributed by atoms with Crippen LogP contribution in [-0.4, -0.2) is 71.6 Å². The SMILES string of the molecule is C=CC[N+]1(C(=O)c2cc3c(CC#N)c(C)[nH]c3c(N3CCc4ccccc4C3)n2)CCN(C)CC1. The molecule has 1 amide bonds. The van der Waals surface area contributed by atoms with Crippen molar-refractivity contribution in [3.8, 4) is 6.07 Å². The summed E-state index contributed by atoms with van der Waals surface area (Å²) in [4.78, 5) is 27.2. The number of hydrogen-bond acceptors (Lipinski definition) is 5. The Balaban J connectivity index is 1.63. The molecule has 0 aliphatic carbocycles. The van der Waals surface area contributed by atoms with Gasteiger partial charge >= 0.3 is 5.91 Å². The lowest BCUT2D eigenvalue weighted by Crippen LogP contribution is -2.62. The average molecular weight is 470 g/mol. The standard InChI is InChI=1S/C28H32N6O/c1-4-15-34(16-13-32(3)14-17-34)28(35)25-18-24-23(9-11-29)20(2)30-26(24)27(31-25)33-12-10-21-7-5-6-8-22(21)19-33/h4-8,18H,1,9-10,12-17,19H2,2-3H3/p+1. The fourth-order valence-electron chi connectivity index (χ4n) is 5.59. The van der Waals surface area contributed by atoms with Gasteiger partial charge in [-0.2, -0.15) is 5.26 Å². The van der Waals surface area contributed by atoms with Gasteiger partial charge in [-0.15, -0.1) is 0 Å². The van der Waals surface area contributed by atoms with E-state index in [4.69, 9.17) is 4.98 Å². The van der Waals surface area contributed by atoms with Gasteiger partial charge in [-0.05, 0) is 49.2 Å². The third kappa shape index (κ3) is 4.13. The summed E-state index contributed by atoms with van der Waals surface area (Å²) in [6.07, 6.45) is 3.08. The number of nitriles is 1. The minimum Gasteiger partial charge on any atom is -0.355 e. The molecule has 1 fully saturated rings. The second kappa shape index (κ2) is 9.29. The first-order chi connectivity index (χ1) is 17.0. The van der Waals surface area contributed by atoms with Crippen molar-refractivity contribution in [2.24, 2.45) is 0 Å². The zero-order valence-corrected chi connectivity index (χ0v) is 20.7. The number of amides is 1. The van der Waals surface area contributed by atoms with Crippen LogP contribution in [0.1, 0.15) is 32.9 Å². The molecule has 7 nitrogen and oxygen atoms in total. The fraction of sp³-hybridized carbons (Fsp3) is 0.393. The zero-order valence-electron chi connectivity index (χ0n) is 20.7. The normalized spacial score (nSPS) is 17.7. The Labute approximate surface area is 206 Å². The number of hydrogen-bond donors (Lipinski definition) is 1. The summed E-state index contributed by atoms with van der Waals surface area (Å²) in [5.41, 5.74) is 5.97. The molecule has 35 heavy (non-hydrogen) atoms. The van der Waals surface area contributed by atoms with Gasteiger partial charge in [0.15, 0.2) is 11.5 Å². The number of aromatic nitrogens is 2. The van der Waals surface area contributed by atoms with E-state index >= 15 is 0 Å². The van der Waals surface area contributed by atoms with Gasteiger partial charge in [0, 0.05) is 37.3 Å². The number of nitrogens with one attached hydrogen (secondary N) is 1. The third-order valence-corrected chi connectivity index (χ3v) is 7.72. The van der Waals surface area contributed by atoms with E-state index < -0.39 is 0 Å². The summed E-state index contributed by atoms with van der Waals surface area (Å²) in [5.74, 6) is 0.846. The van der Waals surface area contributed by atoms with Crippen molar-refractivity contribution < 1.29 is 9.28 Å². The lowest BCUT2D eigenvalue weighted by atomic mass is 9.99. The lowest BCUT2D eigenvalue weighted by molar-refractivity contribution is -0.848. The first-order valence-electron chi connectivity index (χ1n) is 12.4. The minimum absolute atomic E-state index is 0.0420. The Hall–Kier alpha value is -3.47. The van der Waals surface area contributed by atoms with Crippen LogP contribution in [0.4, 0.5) is 5.82 Å². The van der Waals surface area contributed by atoms with Crippen LogP contribution in [0.2, 0.25) is 0 Å². The molecule has 1 N–H and O–H groups in total. The van der Waals surface area contributed by atoms with Gasteiger partial charge in [0.25, 0.3) is 0 Å². The van der Waals surface area contributed by atoms with Gasteiger partial charge in [0.2, 0.25) is 0 Å². The number of nitrogens with zero attached hydrogens (tertiary/aromatic N) is 5. The zero-order chi connectivity index (χ0) is 24.6. The molecule has 3 aromatic rings. The quantitative estimate of drug-likeness (QED) is 0.457. The number of pyridine rings is 1. The van der Waals surface area contributed by atoms with E-state index in [0.717, 1.165) is 73.7 Å². The summed E-state index contributed by atoms with van der Waals surface area (Å²) < 4.78 is 0.339. The number of H-pyrrole nitrogens is 1. The largest absolute Gasteiger partial charge is 0.364 e. The molecule has 0 unspecified atom stereocenters. The van der Waals surface area contributed by atoms with E-state index in [-0.39, 0.29) is 5.91 Å². The number of rotatable bonds is 5. The van der Waals surface area contributed by atoms with Gasteiger partial charge in [0.05, 0.1) is 31.1 Å². The number of anilines is 1. The Bertz CT molecular complexity index is 1330. The van der Waals surface area contributed by atoms with Crippen LogP contribution in [0.25, 0.3) is 10.9 Å². The number of likely N-dealkylation sites (N-methyl/N-ethyl adjacent to an activating group) is 1. The molecule has 2 aliphatic rings. The van der Waals surface area contributed by atoms with Gasteiger partial charge in [-0.3, -0.25) is 4.90 Å². The van der Waals surface area contributed by atoms with Crippen molar-refractivity contribution in [2.75, 3.05) is 51.2 Å². The highest BCUT2D eigenvalue weighted by Crippen LogP contribution is 2.34. The maximum absolute atomic E-state index is 14.1. The third-order valence-electron chi connectivity index (χ3n) is 7.72. The maximum atomic E-state index is 14.1. The van der Waals surface area contributed by atoms with Crippen molar-refractivity contribution in [1.29, 1.82) is 5.26 Å². The van der Waals surface area contributed by atoms with E-state index in [1.807, 2.05) is 19.1 Å². The van der Waals surface area contributed by atoms with Crippen LogP contribution in [0.15, 0.2) is 43.0 Å². The first kappa shape index (κ1) is 23.3. The second-order valence-corrected chi connectivity index (χ2v) is 9.93. The number of fused-ring (bicyclic) bond motifs is 2. The Morgan fingerprint density at radius 2 is 2.00 bits per heavy atom. The van der Waals surface area contributed by atoms with Crippen LogP contribution in [0, 0.1) is 18.3 Å². The van der Waals surface area contributed by atoms with E-state index in [0.29, 0.717) is 23.1 Å². The monoisotopic (exact) mass is 469 g/mol. The summed E-state index contributed by atoms with van der Waals surface area (Å²) in [7, 11) is 2.10. The van der Waals surface area contributed by atoms with Crippen molar-refractivity contribution in [3.63, 3.8) is 0 Å².